The van der Waals surface area contributed by atoms with E-state index in [-0.39, 0.29) is 17.7 Å². The van der Waals surface area contributed by atoms with Crippen molar-refractivity contribution in [3.8, 4) is 22.4 Å². The minimum absolute atomic E-state index is 0.0561. The maximum absolute atomic E-state index is 13.2. The van der Waals surface area contributed by atoms with Crippen molar-refractivity contribution in [1.29, 1.82) is 0 Å². The molecule has 1 aromatic heterocycles. The van der Waals surface area contributed by atoms with E-state index in [2.05, 4.69) is 15.5 Å². The number of aromatic amines is 1. The van der Waals surface area contributed by atoms with E-state index in [0.29, 0.717) is 22.4 Å². The van der Waals surface area contributed by atoms with Crippen molar-refractivity contribution in [2.75, 3.05) is 0 Å². The lowest BCUT2D eigenvalue weighted by molar-refractivity contribution is 0.0696. The predicted molar refractivity (Wildman–Crippen MR) is 120 cm³/mol. The third-order valence-corrected chi connectivity index (χ3v) is 4.95. The van der Waals surface area contributed by atoms with Gasteiger partial charge in [0, 0.05) is 17.7 Å². The second-order valence-corrected chi connectivity index (χ2v) is 7.07. The molecule has 0 fully saturated rings. The predicted octanol–water partition coefficient (Wildman–Crippen LogP) is 3.73. The summed E-state index contributed by atoms with van der Waals surface area (Å²) in [4.78, 5) is 37.1. The molecular weight excluding hydrogens is 406 g/mol. The van der Waals surface area contributed by atoms with Crippen molar-refractivity contribution in [1.82, 2.24) is 15.5 Å². The molecule has 0 bridgehead atoms. The highest BCUT2D eigenvalue weighted by Crippen LogP contribution is 2.31. The quantitative estimate of drug-likeness (QED) is 0.436. The summed E-state index contributed by atoms with van der Waals surface area (Å²) in [6.07, 6.45) is 0. The molecule has 0 aliphatic carbocycles. The molecule has 0 aliphatic heterocycles. The molecule has 0 spiro atoms. The van der Waals surface area contributed by atoms with E-state index >= 15 is 0 Å². The average Bonchev–Trinajstić information content (AvgIpc) is 2.83. The Morgan fingerprint density at radius 1 is 0.875 bits per heavy atom. The first-order valence-corrected chi connectivity index (χ1v) is 9.88. The number of hydrogen-bond acceptors (Lipinski definition) is 4. The van der Waals surface area contributed by atoms with Crippen molar-refractivity contribution < 1.29 is 14.7 Å². The average molecular weight is 425 g/mol. The summed E-state index contributed by atoms with van der Waals surface area (Å²) in [7, 11) is 0. The van der Waals surface area contributed by atoms with Gasteiger partial charge in [-0.05, 0) is 23.3 Å². The second-order valence-electron chi connectivity index (χ2n) is 7.07. The lowest BCUT2D eigenvalue weighted by Crippen LogP contribution is -2.31. The molecule has 0 unspecified atom stereocenters. The number of H-pyrrole nitrogens is 1. The van der Waals surface area contributed by atoms with Crippen LogP contribution < -0.4 is 10.9 Å². The fourth-order valence-corrected chi connectivity index (χ4v) is 3.44. The number of aromatic carboxylic acids is 1. The maximum Gasteiger partial charge on any atom is 0.335 e. The molecule has 0 saturated heterocycles. The zero-order valence-corrected chi connectivity index (χ0v) is 16.9. The fourth-order valence-electron chi connectivity index (χ4n) is 3.44. The van der Waals surface area contributed by atoms with Crippen molar-refractivity contribution in [2.24, 2.45) is 0 Å². The summed E-state index contributed by atoms with van der Waals surface area (Å²) in [6.45, 7) is 0.0661. The van der Waals surface area contributed by atoms with E-state index in [1.54, 1.807) is 12.1 Å². The summed E-state index contributed by atoms with van der Waals surface area (Å²) in [6, 6.07) is 24.7. The van der Waals surface area contributed by atoms with Crippen LogP contribution >= 0.6 is 0 Å². The maximum atomic E-state index is 13.2. The molecular formula is C25H19N3O4. The molecule has 1 amide bonds. The first-order chi connectivity index (χ1) is 15.5. The van der Waals surface area contributed by atoms with Crippen LogP contribution in [0, 0.1) is 0 Å². The minimum Gasteiger partial charge on any atom is -0.478 e. The minimum atomic E-state index is -1.05. The number of benzene rings is 3. The van der Waals surface area contributed by atoms with E-state index in [1.807, 2.05) is 60.7 Å². The van der Waals surface area contributed by atoms with Gasteiger partial charge in [0.05, 0.1) is 11.3 Å². The molecule has 32 heavy (non-hydrogen) atoms. The van der Waals surface area contributed by atoms with Crippen LogP contribution in [0.15, 0.2) is 89.7 Å². The molecule has 4 aromatic rings. The standard InChI is InChI=1S/C25H19N3O4/c29-23(26-15-16-8-7-13-19(14-16)25(31)32)21-20(17-9-3-1-4-10-17)22(27-28-24(21)30)18-11-5-2-6-12-18/h1-14H,15H2,(H,26,29)(H,28,30)(H,31,32). The second kappa shape index (κ2) is 9.09. The van der Waals surface area contributed by atoms with Crippen molar-refractivity contribution in [2.45, 2.75) is 6.54 Å². The zero-order chi connectivity index (χ0) is 22.5. The van der Waals surface area contributed by atoms with Crippen LogP contribution in [0.25, 0.3) is 22.4 Å². The zero-order valence-electron chi connectivity index (χ0n) is 16.9. The smallest absolute Gasteiger partial charge is 0.335 e. The van der Waals surface area contributed by atoms with Crippen LogP contribution in [0.3, 0.4) is 0 Å². The topological polar surface area (TPSA) is 112 Å². The molecule has 0 atom stereocenters. The lowest BCUT2D eigenvalue weighted by atomic mass is 9.95. The number of carboxylic acids is 1. The monoisotopic (exact) mass is 425 g/mol. The van der Waals surface area contributed by atoms with Crippen molar-refractivity contribution in [3.05, 3.63) is 112 Å². The number of hydrogen-bond donors (Lipinski definition) is 3. The van der Waals surface area contributed by atoms with Gasteiger partial charge in [-0.1, -0.05) is 72.8 Å². The molecule has 158 valence electrons. The molecule has 7 heteroatoms. The first kappa shape index (κ1) is 20.7. The van der Waals surface area contributed by atoms with Gasteiger partial charge in [0.25, 0.3) is 11.5 Å². The largest absolute Gasteiger partial charge is 0.478 e. The summed E-state index contributed by atoms with van der Waals surface area (Å²) in [5, 5.41) is 18.6. The number of carboxylic acid groups (broad SMARTS) is 1. The van der Waals surface area contributed by atoms with Gasteiger partial charge in [0.1, 0.15) is 5.56 Å². The lowest BCUT2D eigenvalue weighted by Gasteiger charge is -2.14. The summed E-state index contributed by atoms with van der Waals surface area (Å²) >= 11 is 0. The van der Waals surface area contributed by atoms with Gasteiger partial charge in [-0.15, -0.1) is 0 Å². The van der Waals surface area contributed by atoms with Crippen LogP contribution in [0.4, 0.5) is 0 Å². The summed E-state index contributed by atoms with van der Waals surface area (Å²) in [5.74, 6) is -1.63. The Balaban J connectivity index is 1.76. The van der Waals surface area contributed by atoms with E-state index < -0.39 is 17.4 Å². The molecule has 1 heterocycles. The highest BCUT2D eigenvalue weighted by atomic mass is 16.4. The number of carbonyl (C=O) groups excluding carboxylic acids is 1. The summed E-state index contributed by atoms with van der Waals surface area (Å²) < 4.78 is 0. The Kier molecular flexibility index (Phi) is 5.89. The van der Waals surface area contributed by atoms with Crippen LogP contribution in [0.1, 0.15) is 26.3 Å². The number of nitrogens with zero attached hydrogens (tertiary/aromatic N) is 1. The first-order valence-electron chi connectivity index (χ1n) is 9.88. The molecule has 7 nitrogen and oxygen atoms in total. The highest BCUT2D eigenvalue weighted by molar-refractivity contribution is 6.03. The number of aromatic nitrogens is 2. The Labute approximate surface area is 183 Å². The molecule has 0 aliphatic rings. The Bertz CT molecular complexity index is 1330. The van der Waals surface area contributed by atoms with Gasteiger partial charge >= 0.3 is 5.97 Å². The molecule has 0 saturated carbocycles. The SMILES string of the molecule is O=C(O)c1cccc(CNC(=O)c2c(-c3ccccc3)c(-c3ccccc3)n[nH]c2=O)c1. The number of amides is 1. The molecule has 3 N–H and O–H groups in total. The van der Waals surface area contributed by atoms with Crippen LogP contribution in [0.5, 0.6) is 0 Å². The van der Waals surface area contributed by atoms with E-state index in [0.717, 1.165) is 5.56 Å². The van der Waals surface area contributed by atoms with Gasteiger partial charge in [0.15, 0.2) is 0 Å². The van der Waals surface area contributed by atoms with Gasteiger partial charge in [-0.3, -0.25) is 9.59 Å². The van der Waals surface area contributed by atoms with E-state index in [1.165, 1.54) is 12.1 Å². The van der Waals surface area contributed by atoms with Crippen LogP contribution in [-0.4, -0.2) is 27.2 Å². The van der Waals surface area contributed by atoms with Gasteiger partial charge in [-0.2, -0.15) is 5.10 Å². The van der Waals surface area contributed by atoms with Gasteiger partial charge in [-0.25, -0.2) is 9.89 Å². The summed E-state index contributed by atoms with van der Waals surface area (Å²) in [5.41, 5.74) is 2.41. The highest BCUT2D eigenvalue weighted by Gasteiger charge is 2.22. The van der Waals surface area contributed by atoms with E-state index in [9.17, 15) is 14.4 Å². The molecule has 4 rings (SSSR count). The molecule has 3 aromatic carbocycles. The van der Waals surface area contributed by atoms with Crippen molar-refractivity contribution in [3.63, 3.8) is 0 Å². The number of nitrogens with one attached hydrogen (secondary N) is 2. The van der Waals surface area contributed by atoms with E-state index in [4.69, 9.17) is 5.11 Å². The Hall–Kier alpha value is -4.52. The third kappa shape index (κ3) is 4.32. The Morgan fingerprint density at radius 2 is 1.53 bits per heavy atom. The fraction of sp³-hybridized carbons (Fsp3) is 0.0400. The van der Waals surface area contributed by atoms with Gasteiger partial charge in [0.2, 0.25) is 0 Å². The van der Waals surface area contributed by atoms with Crippen molar-refractivity contribution >= 4 is 11.9 Å². The molecule has 0 radical (unpaired) electrons. The Morgan fingerprint density at radius 3 is 2.19 bits per heavy atom. The number of carbonyl (C=O) groups is 2. The normalized spacial score (nSPS) is 10.5. The van der Waals surface area contributed by atoms with Crippen LogP contribution in [0.2, 0.25) is 0 Å². The number of rotatable bonds is 6. The third-order valence-electron chi connectivity index (χ3n) is 4.95. The van der Waals surface area contributed by atoms with Crippen LogP contribution in [-0.2, 0) is 6.54 Å². The van der Waals surface area contributed by atoms with Gasteiger partial charge < -0.3 is 10.4 Å².